The fourth-order valence-corrected chi connectivity index (χ4v) is 8.02. The van der Waals surface area contributed by atoms with Crippen LogP contribution in [0.1, 0.15) is 20.8 Å². The lowest BCUT2D eigenvalue weighted by molar-refractivity contribution is 0.0987. The van der Waals surface area contributed by atoms with E-state index in [1.807, 2.05) is 55.1 Å². The molecule has 1 saturated heterocycles. The summed E-state index contributed by atoms with van der Waals surface area (Å²) in [5, 5.41) is 6.09. The highest BCUT2D eigenvalue weighted by Crippen LogP contribution is 2.47. The maximum Gasteiger partial charge on any atom is 0.239 e. The second kappa shape index (κ2) is 8.70. The van der Waals surface area contributed by atoms with Gasteiger partial charge in [0, 0.05) is 36.6 Å². The first-order valence-electron chi connectivity index (χ1n) is 11.4. The van der Waals surface area contributed by atoms with Crippen LogP contribution in [0.3, 0.4) is 0 Å². The molecule has 1 aromatic carbocycles. The molecule has 174 valence electrons. The van der Waals surface area contributed by atoms with Gasteiger partial charge in [-0.2, -0.15) is 4.98 Å². The minimum absolute atomic E-state index is 0.183. The average Bonchev–Trinajstić information content (AvgIpc) is 3.45. The monoisotopic (exact) mass is 484 g/mol. The lowest BCUT2D eigenvalue weighted by Crippen LogP contribution is -2.44. The zero-order chi connectivity index (χ0) is 23.2. The molecule has 0 bridgehead atoms. The molecular weight excluding hydrogens is 455 g/mol. The van der Waals surface area contributed by atoms with Gasteiger partial charge < -0.3 is 19.5 Å². The van der Waals surface area contributed by atoms with Crippen molar-refractivity contribution in [1.29, 1.82) is 0 Å². The number of thiophene rings is 1. The van der Waals surface area contributed by atoms with Gasteiger partial charge in [0.05, 0.1) is 40.5 Å². The molecule has 1 fully saturated rings. The molecule has 0 aliphatic carbocycles. The van der Waals surface area contributed by atoms with Gasteiger partial charge in [0.25, 0.3) is 0 Å². The number of nitrogens with one attached hydrogen (secondary N) is 1. The first kappa shape index (κ1) is 22.3. The minimum Gasteiger partial charge on any atom is -0.377 e. The smallest absolute Gasteiger partial charge is 0.239 e. The van der Waals surface area contributed by atoms with Crippen LogP contribution < -0.4 is 15.5 Å². The maximum atomic E-state index is 13.8. The summed E-state index contributed by atoms with van der Waals surface area (Å²) in [5.41, 5.74) is 2.59. The van der Waals surface area contributed by atoms with Crippen LogP contribution in [-0.2, 0) is 9.30 Å². The van der Waals surface area contributed by atoms with Crippen molar-refractivity contribution in [3.63, 3.8) is 0 Å². The number of hydrogen-bond donors (Lipinski definition) is 1. The highest BCUT2D eigenvalue weighted by Gasteiger charge is 2.30. The van der Waals surface area contributed by atoms with Gasteiger partial charge in [0.15, 0.2) is 5.82 Å². The first-order valence-corrected chi connectivity index (χ1v) is 14.3. The summed E-state index contributed by atoms with van der Waals surface area (Å²) in [4.78, 5) is 17.1. The molecule has 8 nitrogen and oxygen atoms in total. The molecule has 5 rings (SSSR count). The third-order valence-electron chi connectivity index (χ3n) is 6.45. The first-order chi connectivity index (χ1) is 16.0. The number of benzene rings is 1. The highest BCUT2D eigenvalue weighted by atomic mass is 32.1. The molecule has 4 heterocycles. The molecule has 1 atom stereocenters. The van der Waals surface area contributed by atoms with Gasteiger partial charge in [-0.3, -0.25) is 0 Å². The highest BCUT2D eigenvalue weighted by molar-refractivity contribution is 7.72. The summed E-state index contributed by atoms with van der Waals surface area (Å²) in [5.74, 6) is 2.08. The summed E-state index contributed by atoms with van der Waals surface area (Å²) in [6, 6.07) is 8.14. The summed E-state index contributed by atoms with van der Waals surface area (Å²) in [7, 11) is -0.687. The average molecular weight is 485 g/mol. The summed E-state index contributed by atoms with van der Waals surface area (Å²) in [6.07, 6.45) is 1.24. The largest absolute Gasteiger partial charge is 0.377 e. The zero-order valence-corrected chi connectivity index (χ0v) is 21.1. The Morgan fingerprint density at radius 3 is 2.73 bits per heavy atom. The molecule has 4 aromatic rings. The second-order valence-corrected chi connectivity index (χ2v) is 12.7. The van der Waals surface area contributed by atoms with Crippen LogP contribution in [0.2, 0.25) is 0 Å². The van der Waals surface area contributed by atoms with Crippen LogP contribution >= 0.6 is 18.5 Å². The van der Waals surface area contributed by atoms with Crippen LogP contribution in [0.4, 0.5) is 11.8 Å². The summed E-state index contributed by atoms with van der Waals surface area (Å²) >= 11 is 1.59. The van der Waals surface area contributed by atoms with Gasteiger partial charge in [-0.1, -0.05) is 26.0 Å². The Bertz CT molecular complexity index is 1360. The number of fused-ring (bicyclic) bond motifs is 2. The number of imidazole rings is 1. The van der Waals surface area contributed by atoms with Crippen molar-refractivity contribution < 1.29 is 9.30 Å². The molecule has 10 heteroatoms. The van der Waals surface area contributed by atoms with Crippen molar-refractivity contribution in [2.24, 2.45) is 0 Å². The van der Waals surface area contributed by atoms with E-state index in [1.54, 1.807) is 11.3 Å². The van der Waals surface area contributed by atoms with Crippen molar-refractivity contribution >= 4 is 56.8 Å². The number of rotatable bonds is 6. The Kier molecular flexibility index (Phi) is 5.89. The van der Waals surface area contributed by atoms with Crippen LogP contribution in [-0.4, -0.2) is 64.7 Å². The number of morpholine rings is 1. The predicted molar refractivity (Wildman–Crippen MR) is 138 cm³/mol. The molecule has 1 aliphatic rings. The van der Waals surface area contributed by atoms with Gasteiger partial charge in [0.1, 0.15) is 7.14 Å². The minimum atomic E-state index is -2.53. The van der Waals surface area contributed by atoms with Gasteiger partial charge in [-0.25, -0.2) is 14.5 Å². The number of nitrogens with zero attached hydrogens (tertiary/aromatic N) is 5. The molecule has 0 saturated carbocycles. The molecule has 3 aromatic heterocycles. The lowest BCUT2D eigenvalue weighted by atomic mass is 10.2. The van der Waals surface area contributed by atoms with Crippen LogP contribution in [0.25, 0.3) is 27.2 Å². The Morgan fingerprint density at radius 2 is 2.00 bits per heavy atom. The Hall–Kier alpha value is -2.48. The van der Waals surface area contributed by atoms with E-state index in [1.165, 1.54) is 0 Å². The third kappa shape index (κ3) is 3.63. The van der Waals surface area contributed by atoms with E-state index in [-0.39, 0.29) is 6.04 Å². The lowest BCUT2D eigenvalue weighted by Gasteiger charge is -2.34. The van der Waals surface area contributed by atoms with E-state index >= 15 is 0 Å². The Morgan fingerprint density at radius 1 is 1.21 bits per heavy atom. The van der Waals surface area contributed by atoms with Crippen molar-refractivity contribution in [2.45, 2.75) is 26.8 Å². The molecule has 1 N–H and O–H groups in total. The SMILES string of the molecule is CCP(=O)(CC)c1csc2c(N3CCOC[C@H]3C)nc(-n3c(NC)nc4ccccc43)nc12. The predicted octanol–water partition coefficient (Wildman–Crippen LogP) is 4.33. The molecule has 33 heavy (non-hydrogen) atoms. The van der Waals surface area contributed by atoms with E-state index in [9.17, 15) is 4.57 Å². The topological polar surface area (TPSA) is 85.2 Å². The molecule has 0 amide bonds. The number of aromatic nitrogens is 4. The summed E-state index contributed by atoms with van der Waals surface area (Å²) < 4.78 is 22.4. The molecular formula is C23H29N6O2PS. The van der Waals surface area contributed by atoms with Gasteiger partial charge >= 0.3 is 0 Å². The second-order valence-electron chi connectivity index (χ2n) is 8.29. The molecule has 0 unspecified atom stereocenters. The number of hydrogen-bond acceptors (Lipinski definition) is 8. The van der Waals surface area contributed by atoms with Gasteiger partial charge in [-0.15, -0.1) is 11.3 Å². The van der Waals surface area contributed by atoms with E-state index in [0.717, 1.165) is 38.9 Å². The Labute approximate surface area is 197 Å². The van der Waals surface area contributed by atoms with Gasteiger partial charge in [0.2, 0.25) is 11.9 Å². The van der Waals surface area contributed by atoms with Crippen LogP contribution in [0, 0.1) is 0 Å². The van der Waals surface area contributed by atoms with Crippen LogP contribution in [0.5, 0.6) is 0 Å². The normalized spacial score (nSPS) is 17.2. The number of para-hydroxylation sites is 2. The van der Waals surface area contributed by atoms with E-state index in [2.05, 4.69) is 17.1 Å². The Balaban J connectivity index is 1.83. The van der Waals surface area contributed by atoms with Crippen molar-refractivity contribution in [2.75, 3.05) is 49.3 Å². The van der Waals surface area contributed by atoms with Crippen molar-refractivity contribution in [3.8, 4) is 5.95 Å². The fourth-order valence-electron chi connectivity index (χ4n) is 4.47. The van der Waals surface area contributed by atoms with E-state index in [4.69, 9.17) is 19.7 Å². The summed E-state index contributed by atoms with van der Waals surface area (Å²) in [6.45, 7) is 8.21. The van der Waals surface area contributed by atoms with Gasteiger partial charge in [-0.05, 0) is 19.1 Å². The zero-order valence-electron chi connectivity index (χ0n) is 19.4. The van der Waals surface area contributed by atoms with Crippen molar-refractivity contribution in [1.82, 2.24) is 19.5 Å². The van der Waals surface area contributed by atoms with E-state index in [0.29, 0.717) is 37.4 Å². The van der Waals surface area contributed by atoms with E-state index < -0.39 is 7.14 Å². The maximum absolute atomic E-state index is 13.8. The van der Waals surface area contributed by atoms with Crippen LogP contribution in [0.15, 0.2) is 29.6 Å². The number of ether oxygens (including phenoxy) is 1. The number of anilines is 2. The fraction of sp³-hybridized carbons (Fsp3) is 0.435. The quantitative estimate of drug-likeness (QED) is 0.408. The molecule has 0 spiro atoms. The third-order valence-corrected chi connectivity index (χ3v) is 10.9. The molecule has 0 radical (unpaired) electrons. The standard InChI is InChI=1S/C23H29N6O2PS/c1-5-32(30,6-2)18-14-33-20-19(18)26-23(27-21(20)28-11-12-31-13-15(28)3)29-17-10-8-7-9-16(17)25-22(29)24-4/h7-10,14-15H,5-6,11-13H2,1-4H3,(H,24,25)/t15-/m1/s1. The van der Waals surface area contributed by atoms with Crippen molar-refractivity contribution in [3.05, 3.63) is 29.6 Å². The molecule has 1 aliphatic heterocycles.